The van der Waals surface area contributed by atoms with Crippen molar-refractivity contribution in [2.45, 2.75) is 32.2 Å². The molecule has 0 bridgehead atoms. The number of nitrogens with one attached hydrogen (secondary N) is 1. The van der Waals surface area contributed by atoms with Gasteiger partial charge in [-0.2, -0.15) is 0 Å². The topological polar surface area (TPSA) is 55.1 Å². The molecule has 0 heterocycles. The monoisotopic (exact) mass is 306 g/mol. The fourth-order valence-corrected chi connectivity index (χ4v) is 2.13. The minimum atomic E-state index is -0.672. The van der Waals surface area contributed by atoms with Gasteiger partial charge < -0.3 is 11.1 Å². The molecule has 0 aromatic heterocycles. The molecule has 1 unspecified atom stereocenters. The highest BCUT2D eigenvalue weighted by atomic mass is 35.5. The van der Waals surface area contributed by atoms with Gasteiger partial charge in [0.1, 0.15) is 5.82 Å². The van der Waals surface area contributed by atoms with E-state index in [2.05, 4.69) is 12.2 Å². The third-order valence-electron chi connectivity index (χ3n) is 2.78. The highest BCUT2D eigenvalue weighted by Gasteiger charge is 2.17. The minimum absolute atomic E-state index is 0.0681. The van der Waals surface area contributed by atoms with Crippen LogP contribution in [0.1, 0.15) is 36.5 Å². The van der Waals surface area contributed by atoms with Gasteiger partial charge in [0.25, 0.3) is 5.91 Å². The Morgan fingerprint density at radius 2 is 2.11 bits per heavy atom. The lowest BCUT2D eigenvalue weighted by Gasteiger charge is -2.17. The number of rotatable bonds is 6. The van der Waals surface area contributed by atoms with E-state index in [1.165, 1.54) is 6.07 Å². The zero-order chi connectivity index (χ0) is 14.4. The van der Waals surface area contributed by atoms with Crippen molar-refractivity contribution in [3.05, 3.63) is 33.6 Å². The van der Waals surface area contributed by atoms with Crippen molar-refractivity contribution in [1.82, 2.24) is 5.32 Å². The van der Waals surface area contributed by atoms with Crippen LogP contribution in [0.5, 0.6) is 0 Å². The summed E-state index contributed by atoms with van der Waals surface area (Å²) in [5.41, 5.74) is 5.66. The van der Waals surface area contributed by atoms with Crippen molar-refractivity contribution in [3.8, 4) is 0 Å². The molecular weight excluding hydrogens is 290 g/mol. The zero-order valence-corrected chi connectivity index (χ0v) is 12.2. The average Bonchev–Trinajstić information content (AvgIpc) is 2.38. The molecule has 1 amide bonds. The summed E-state index contributed by atoms with van der Waals surface area (Å²) in [7, 11) is 0. The largest absolute Gasteiger partial charge is 0.348 e. The first-order chi connectivity index (χ1) is 8.99. The van der Waals surface area contributed by atoms with Gasteiger partial charge in [0.15, 0.2) is 0 Å². The fourth-order valence-electron chi connectivity index (χ4n) is 1.66. The lowest BCUT2D eigenvalue weighted by molar-refractivity contribution is 0.0935. The van der Waals surface area contributed by atoms with E-state index in [-0.39, 0.29) is 21.7 Å². The quantitative estimate of drug-likeness (QED) is 0.792. The highest BCUT2D eigenvalue weighted by molar-refractivity contribution is 6.36. The summed E-state index contributed by atoms with van der Waals surface area (Å²) in [5.74, 6) is -1.11. The third-order valence-corrected chi connectivity index (χ3v) is 3.38. The molecule has 0 fully saturated rings. The SMILES string of the molecule is CCCCC(CN)NC(=O)c1cc(F)c(Cl)cc1Cl. The van der Waals surface area contributed by atoms with E-state index in [1.54, 1.807) is 0 Å². The summed E-state index contributed by atoms with van der Waals surface area (Å²) in [6.07, 6.45) is 2.76. The van der Waals surface area contributed by atoms with Gasteiger partial charge in [-0.3, -0.25) is 4.79 Å². The number of carbonyl (C=O) groups excluding carboxylic acids is 1. The third kappa shape index (κ3) is 4.64. The van der Waals surface area contributed by atoms with E-state index in [0.29, 0.717) is 6.54 Å². The van der Waals surface area contributed by atoms with Crippen LogP contribution in [-0.2, 0) is 0 Å². The second kappa shape index (κ2) is 7.68. The van der Waals surface area contributed by atoms with Crippen LogP contribution in [0.15, 0.2) is 12.1 Å². The molecule has 3 nitrogen and oxygen atoms in total. The molecule has 1 rings (SSSR count). The van der Waals surface area contributed by atoms with Gasteiger partial charge in [0.2, 0.25) is 0 Å². The highest BCUT2D eigenvalue weighted by Crippen LogP contribution is 2.24. The van der Waals surface area contributed by atoms with Gasteiger partial charge in [0.05, 0.1) is 15.6 Å². The Hall–Kier alpha value is -0.840. The number of halogens is 3. The Morgan fingerprint density at radius 1 is 1.42 bits per heavy atom. The van der Waals surface area contributed by atoms with E-state index in [0.717, 1.165) is 25.3 Å². The van der Waals surface area contributed by atoms with Crippen LogP contribution < -0.4 is 11.1 Å². The maximum atomic E-state index is 13.3. The number of unbranched alkanes of at least 4 members (excludes halogenated alkanes) is 1. The first kappa shape index (κ1) is 16.2. The molecule has 106 valence electrons. The summed E-state index contributed by atoms with van der Waals surface area (Å²) in [6, 6.07) is 2.12. The molecule has 0 aliphatic heterocycles. The number of nitrogens with two attached hydrogens (primary N) is 1. The Balaban J connectivity index is 2.79. The second-order valence-electron chi connectivity index (χ2n) is 4.29. The summed E-state index contributed by atoms with van der Waals surface area (Å²) >= 11 is 11.5. The summed E-state index contributed by atoms with van der Waals surface area (Å²) in [6.45, 7) is 2.39. The molecule has 1 aromatic carbocycles. The van der Waals surface area contributed by atoms with E-state index in [1.807, 2.05) is 0 Å². The van der Waals surface area contributed by atoms with Gasteiger partial charge in [-0.05, 0) is 18.6 Å². The van der Waals surface area contributed by atoms with Gasteiger partial charge >= 0.3 is 0 Å². The van der Waals surface area contributed by atoms with E-state index in [9.17, 15) is 9.18 Å². The molecule has 0 aliphatic rings. The van der Waals surface area contributed by atoms with Gasteiger partial charge in [-0.1, -0.05) is 43.0 Å². The maximum Gasteiger partial charge on any atom is 0.253 e. The Morgan fingerprint density at radius 3 is 2.68 bits per heavy atom. The van der Waals surface area contributed by atoms with Gasteiger partial charge in [-0.15, -0.1) is 0 Å². The lowest BCUT2D eigenvalue weighted by atomic mass is 10.1. The van der Waals surface area contributed by atoms with E-state index < -0.39 is 11.7 Å². The van der Waals surface area contributed by atoms with Crippen LogP contribution in [-0.4, -0.2) is 18.5 Å². The molecule has 0 radical (unpaired) electrons. The van der Waals surface area contributed by atoms with Crippen molar-refractivity contribution in [2.24, 2.45) is 5.73 Å². The number of hydrogen-bond donors (Lipinski definition) is 2. The van der Waals surface area contributed by atoms with Crippen LogP contribution in [0.4, 0.5) is 4.39 Å². The van der Waals surface area contributed by atoms with Crippen molar-refractivity contribution in [3.63, 3.8) is 0 Å². The molecule has 19 heavy (non-hydrogen) atoms. The van der Waals surface area contributed by atoms with Crippen molar-refractivity contribution in [2.75, 3.05) is 6.54 Å². The van der Waals surface area contributed by atoms with Crippen molar-refractivity contribution >= 4 is 29.1 Å². The van der Waals surface area contributed by atoms with Gasteiger partial charge in [0, 0.05) is 12.6 Å². The number of amides is 1. The number of benzene rings is 1. The molecule has 0 saturated carbocycles. The molecule has 0 spiro atoms. The molecule has 6 heteroatoms. The molecule has 0 saturated heterocycles. The zero-order valence-electron chi connectivity index (χ0n) is 10.7. The Bertz CT molecular complexity index is 455. The van der Waals surface area contributed by atoms with Crippen molar-refractivity contribution in [1.29, 1.82) is 0 Å². The molecule has 0 aliphatic carbocycles. The summed E-state index contributed by atoms with van der Waals surface area (Å²) in [4.78, 5) is 12.0. The molecule has 3 N–H and O–H groups in total. The molecular formula is C13H17Cl2FN2O. The first-order valence-corrected chi connectivity index (χ1v) is 6.90. The molecule has 1 aromatic rings. The fraction of sp³-hybridized carbons (Fsp3) is 0.462. The second-order valence-corrected chi connectivity index (χ2v) is 5.11. The summed E-state index contributed by atoms with van der Waals surface area (Å²) in [5, 5.41) is 2.76. The van der Waals surface area contributed by atoms with Crippen LogP contribution in [0.3, 0.4) is 0 Å². The van der Waals surface area contributed by atoms with Gasteiger partial charge in [-0.25, -0.2) is 4.39 Å². The van der Waals surface area contributed by atoms with Crippen molar-refractivity contribution < 1.29 is 9.18 Å². The van der Waals surface area contributed by atoms with Crippen LogP contribution in [0.25, 0.3) is 0 Å². The first-order valence-electron chi connectivity index (χ1n) is 6.15. The number of hydrogen-bond acceptors (Lipinski definition) is 2. The predicted octanol–water partition coefficient (Wildman–Crippen LogP) is 3.38. The minimum Gasteiger partial charge on any atom is -0.348 e. The Labute approximate surface area is 122 Å². The van der Waals surface area contributed by atoms with Crippen LogP contribution in [0, 0.1) is 5.82 Å². The Kier molecular flexibility index (Phi) is 6.55. The summed E-state index contributed by atoms with van der Waals surface area (Å²) < 4.78 is 13.3. The number of carbonyl (C=O) groups is 1. The predicted molar refractivity (Wildman–Crippen MR) is 76.3 cm³/mol. The standard InChI is InChI=1S/C13H17Cl2FN2O/c1-2-3-4-8(7-17)18-13(19)9-5-12(16)11(15)6-10(9)14/h5-6,8H,2-4,7,17H2,1H3,(H,18,19). The lowest BCUT2D eigenvalue weighted by Crippen LogP contribution is -2.40. The van der Waals surface area contributed by atoms with Crippen LogP contribution in [0.2, 0.25) is 10.0 Å². The average molecular weight is 307 g/mol. The maximum absolute atomic E-state index is 13.3. The smallest absolute Gasteiger partial charge is 0.253 e. The molecule has 1 atom stereocenters. The normalized spacial score (nSPS) is 12.3. The van der Waals surface area contributed by atoms with E-state index in [4.69, 9.17) is 28.9 Å². The van der Waals surface area contributed by atoms with E-state index >= 15 is 0 Å². The van der Waals surface area contributed by atoms with Crippen LogP contribution >= 0.6 is 23.2 Å².